The van der Waals surface area contributed by atoms with Crippen LogP contribution in [0.15, 0.2) is 34.7 Å². The van der Waals surface area contributed by atoms with Crippen molar-refractivity contribution in [1.29, 1.82) is 0 Å². The van der Waals surface area contributed by atoms with Crippen LogP contribution in [0.2, 0.25) is 0 Å². The van der Waals surface area contributed by atoms with Crippen molar-refractivity contribution >= 4 is 11.8 Å². The van der Waals surface area contributed by atoms with Crippen LogP contribution in [-0.2, 0) is 4.79 Å². The van der Waals surface area contributed by atoms with Crippen LogP contribution in [0.5, 0.6) is 11.5 Å². The fourth-order valence-electron chi connectivity index (χ4n) is 2.21. The predicted octanol–water partition coefficient (Wildman–Crippen LogP) is 2.53. The van der Waals surface area contributed by atoms with Gasteiger partial charge in [-0.3, -0.25) is 20.4 Å². The summed E-state index contributed by atoms with van der Waals surface area (Å²) in [6, 6.07) is 8.83. The second-order valence-electron chi connectivity index (χ2n) is 5.46. The van der Waals surface area contributed by atoms with Gasteiger partial charge in [-0.2, -0.15) is 0 Å². The number of rotatable bonds is 7. The molecule has 0 saturated carbocycles. The minimum absolute atomic E-state index is 0.236. The maximum atomic E-state index is 11.9. The van der Waals surface area contributed by atoms with E-state index in [1.54, 1.807) is 51.3 Å². The summed E-state index contributed by atoms with van der Waals surface area (Å²) in [5.74, 6) is 1.93. The van der Waals surface area contributed by atoms with E-state index in [0.717, 1.165) is 5.75 Å². The second-order valence-corrected chi connectivity index (χ2v) is 5.46. The molecule has 2 aromatic rings. The zero-order chi connectivity index (χ0) is 18.2. The average Bonchev–Trinajstić information content (AvgIpc) is 2.95. The van der Waals surface area contributed by atoms with Crippen molar-refractivity contribution in [2.75, 3.05) is 13.7 Å². The van der Waals surface area contributed by atoms with Crippen LogP contribution in [0.1, 0.15) is 34.7 Å². The van der Waals surface area contributed by atoms with Crippen molar-refractivity contribution in [3.8, 4) is 11.5 Å². The van der Waals surface area contributed by atoms with Gasteiger partial charge in [-0.25, -0.2) is 0 Å². The number of benzene rings is 1. The van der Waals surface area contributed by atoms with E-state index in [9.17, 15) is 9.59 Å². The quantitative estimate of drug-likeness (QED) is 0.594. The fourth-order valence-corrected chi connectivity index (χ4v) is 2.21. The van der Waals surface area contributed by atoms with Gasteiger partial charge >= 0.3 is 0 Å². The third kappa shape index (κ3) is 5.56. The molecule has 0 aliphatic carbocycles. The number of nitrogens with one attached hydrogen (secondary N) is 2. The SMILES string of the molecule is COc1ccc(OCCCC(=O)NNC(=O)c2cc(C)oc2C)cc1. The maximum Gasteiger partial charge on any atom is 0.273 e. The van der Waals surface area contributed by atoms with E-state index < -0.39 is 5.91 Å². The van der Waals surface area contributed by atoms with Crippen molar-refractivity contribution in [3.63, 3.8) is 0 Å². The standard InChI is InChI=1S/C18H22N2O5/c1-12-11-16(13(2)25-12)18(22)20-19-17(21)5-4-10-24-15-8-6-14(23-3)7-9-15/h6-9,11H,4-5,10H2,1-3H3,(H,19,21)(H,20,22). The molecule has 0 aliphatic rings. The zero-order valence-corrected chi connectivity index (χ0v) is 14.5. The van der Waals surface area contributed by atoms with Crippen LogP contribution in [0, 0.1) is 13.8 Å². The van der Waals surface area contributed by atoms with Gasteiger partial charge in [0.2, 0.25) is 5.91 Å². The zero-order valence-electron chi connectivity index (χ0n) is 14.5. The number of aryl methyl sites for hydroxylation is 2. The van der Waals surface area contributed by atoms with E-state index >= 15 is 0 Å². The molecular weight excluding hydrogens is 324 g/mol. The number of furan rings is 1. The number of hydrogen-bond acceptors (Lipinski definition) is 5. The molecule has 7 heteroatoms. The molecule has 0 atom stereocenters. The van der Waals surface area contributed by atoms with Gasteiger partial charge in [-0.05, 0) is 50.6 Å². The normalized spacial score (nSPS) is 10.2. The number of ether oxygens (including phenoxy) is 2. The lowest BCUT2D eigenvalue weighted by atomic mass is 10.2. The monoisotopic (exact) mass is 346 g/mol. The Morgan fingerprint density at radius 3 is 2.36 bits per heavy atom. The number of methoxy groups -OCH3 is 1. The predicted molar refractivity (Wildman–Crippen MR) is 91.5 cm³/mol. The van der Waals surface area contributed by atoms with Gasteiger partial charge < -0.3 is 13.9 Å². The molecule has 0 bridgehead atoms. The van der Waals surface area contributed by atoms with E-state index in [2.05, 4.69) is 10.9 Å². The highest BCUT2D eigenvalue weighted by molar-refractivity contribution is 5.96. The number of hydrazine groups is 1. The molecule has 1 aromatic heterocycles. The molecule has 134 valence electrons. The minimum atomic E-state index is -0.405. The molecule has 2 N–H and O–H groups in total. The van der Waals surface area contributed by atoms with E-state index in [1.165, 1.54) is 0 Å². The Kier molecular flexibility index (Phi) is 6.45. The van der Waals surface area contributed by atoms with Gasteiger partial charge in [0.15, 0.2) is 0 Å². The van der Waals surface area contributed by atoms with E-state index in [1.807, 2.05) is 0 Å². The van der Waals surface area contributed by atoms with Crippen molar-refractivity contribution in [3.05, 3.63) is 47.4 Å². The van der Waals surface area contributed by atoms with Crippen LogP contribution >= 0.6 is 0 Å². The summed E-state index contributed by atoms with van der Waals surface area (Å²) >= 11 is 0. The molecular formula is C18H22N2O5. The molecule has 0 saturated heterocycles. The lowest BCUT2D eigenvalue weighted by Crippen LogP contribution is -2.41. The number of hydrogen-bond donors (Lipinski definition) is 2. The summed E-state index contributed by atoms with van der Waals surface area (Å²) in [5, 5.41) is 0. The number of carbonyl (C=O) groups is 2. The number of carbonyl (C=O) groups excluding carboxylic acids is 2. The molecule has 7 nitrogen and oxygen atoms in total. The van der Waals surface area contributed by atoms with Gasteiger partial charge in [-0.15, -0.1) is 0 Å². The molecule has 1 heterocycles. The van der Waals surface area contributed by atoms with Gasteiger partial charge in [0.1, 0.15) is 23.0 Å². The van der Waals surface area contributed by atoms with Crippen molar-refractivity contribution < 1.29 is 23.5 Å². The summed E-state index contributed by atoms with van der Waals surface area (Å²) in [4.78, 5) is 23.7. The minimum Gasteiger partial charge on any atom is -0.497 e. The van der Waals surface area contributed by atoms with Crippen molar-refractivity contribution in [1.82, 2.24) is 10.9 Å². The van der Waals surface area contributed by atoms with E-state index in [-0.39, 0.29) is 12.3 Å². The molecule has 0 aliphatic heterocycles. The molecule has 0 unspecified atom stereocenters. The van der Waals surface area contributed by atoms with Crippen molar-refractivity contribution in [2.45, 2.75) is 26.7 Å². The first-order valence-electron chi connectivity index (χ1n) is 7.92. The smallest absolute Gasteiger partial charge is 0.273 e. The highest BCUT2D eigenvalue weighted by Gasteiger charge is 2.13. The molecule has 1 aromatic carbocycles. The molecule has 0 spiro atoms. The van der Waals surface area contributed by atoms with Crippen molar-refractivity contribution in [2.24, 2.45) is 0 Å². The van der Waals surface area contributed by atoms with Crippen LogP contribution in [0.3, 0.4) is 0 Å². The number of amides is 2. The van der Waals surface area contributed by atoms with Crippen LogP contribution in [-0.4, -0.2) is 25.5 Å². The average molecular weight is 346 g/mol. The van der Waals surface area contributed by atoms with E-state index in [0.29, 0.717) is 35.9 Å². The molecule has 2 amide bonds. The lowest BCUT2D eigenvalue weighted by molar-refractivity contribution is -0.122. The Morgan fingerprint density at radius 1 is 1.08 bits per heavy atom. The van der Waals surface area contributed by atoms with Crippen LogP contribution < -0.4 is 20.3 Å². The van der Waals surface area contributed by atoms with Gasteiger partial charge in [0, 0.05) is 6.42 Å². The molecule has 0 fully saturated rings. The fraction of sp³-hybridized carbons (Fsp3) is 0.333. The highest BCUT2D eigenvalue weighted by atomic mass is 16.5. The highest BCUT2D eigenvalue weighted by Crippen LogP contribution is 2.17. The molecule has 0 radical (unpaired) electrons. The Morgan fingerprint density at radius 2 is 1.76 bits per heavy atom. The summed E-state index contributed by atoms with van der Waals surface area (Å²) < 4.78 is 15.9. The Hall–Kier alpha value is -2.96. The van der Waals surface area contributed by atoms with Gasteiger partial charge in [0.05, 0.1) is 19.3 Å². The summed E-state index contributed by atoms with van der Waals surface area (Å²) in [6.07, 6.45) is 0.761. The Bertz CT molecular complexity index is 722. The third-order valence-corrected chi connectivity index (χ3v) is 3.48. The second kappa shape index (κ2) is 8.77. The first-order valence-corrected chi connectivity index (χ1v) is 7.92. The third-order valence-electron chi connectivity index (χ3n) is 3.48. The Labute approximate surface area is 146 Å². The van der Waals surface area contributed by atoms with E-state index in [4.69, 9.17) is 13.9 Å². The summed E-state index contributed by atoms with van der Waals surface area (Å²) in [6.45, 7) is 3.85. The first-order chi connectivity index (χ1) is 12.0. The molecule has 2 rings (SSSR count). The van der Waals surface area contributed by atoms with Gasteiger partial charge in [0.25, 0.3) is 5.91 Å². The maximum absolute atomic E-state index is 11.9. The summed E-state index contributed by atoms with van der Waals surface area (Å²) in [7, 11) is 1.60. The molecule has 25 heavy (non-hydrogen) atoms. The van der Waals surface area contributed by atoms with Crippen LogP contribution in [0.4, 0.5) is 0 Å². The Balaban J connectivity index is 1.65. The lowest BCUT2D eigenvalue weighted by Gasteiger charge is -2.08. The topological polar surface area (TPSA) is 89.8 Å². The van der Waals surface area contributed by atoms with Crippen LogP contribution in [0.25, 0.3) is 0 Å². The largest absolute Gasteiger partial charge is 0.497 e. The van der Waals surface area contributed by atoms with Gasteiger partial charge in [-0.1, -0.05) is 0 Å². The first kappa shape index (κ1) is 18.4. The summed E-state index contributed by atoms with van der Waals surface area (Å²) in [5.41, 5.74) is 5.15.